The summed E-state index contributed by atoms with van der Waals surface area (Å²) in [7, 11) is 0. The van der Waals surface area contributed by atoms with Gasteiger partial charge in [0, 0.05) is 17.6 Å². The summed E-state index contributed by atoms with van der Waals surface area (Å²) in [6, 6.07) is 8.39. The summed E-state index contributed by atoms with van der Waals surface area (Å²) >= 11 is 1.52. The Labute approximate surface area is 146 Å². The lowest BCUT2D eigenvalue weighted by molar-refractivity contribution is -0.115. The second kappa shape index (κ2) is 6.24. The SMILES string of the molecule is Cc1ccccc1NC(=O)C(C)Sc1nnc(C2CC2)n1C1CC1. The molecule has 2 saturated carbocycles. The fourth-order valence-electron chi connectivity index (χ4n) is 2.82. The van der Waals surface area contributed by atoms with Gasteiger partial charge in [0.2, 0.25) is 5.91 Å². The molecule has 126 valence electrons. The quantitative estimate of drug-likeness (QED) is 0.808. The molecule has 1 atom stereocenters. The third-order valence-corrected chi connectivity index (χ3v) is 5.66. The largest absolute Gasteiger partial charge is 0.325 e. The number of anilines is 1. The second-order valence-electron chi connectivity index (χ2n) is 6.78. The predicted octanol–water partition coefficient (Wildman–Crippen LogP) is 3.92. The van der Waals surface area contributed by atoms with Gasteiger partial charge in [0.05, 0.1) is 5.25 Å². The maximum absolute atomic E-state index is 12.5. The lowest BCUT2D eigenvalue weighted by Gasteiger charge is -2.14. The number of benzene rings is 1. The predicted molar refractivity (Wildman–Crippen MR) is 95.4 cm³/mol. The number of thioether (sulfide) groups is 1. The van der Waals surface area contributed by atoms with Crippen LogP contribution in [0.2, 0.25) is 0 Å². The van der Waals surface area contributed by atoms with Crippen LogP contribution in [0.4, 0.5) is 5.69 Å². The fraction of sp³-hybridized carbons (Fsp3) is 0.500. The Morgan fingerprint density at radius 1 is 1.25 bits per heavy atom. The summed E-state index contributed by atoms with van der Waals surface area (Å²) in [5.74, 6) is 1.72. The zero-order chi connectivity index (χ0) is 16.7. The van der Waals surface area contributed by atoms with Crippen molar-refractivity contribution in [3.63, 3.8) is 0 Å². The van der Waals surface area contributed by atoms with Crippen molar-refractivity contribution < 1.29 is 4.79 Å². The molecule has 5 nitrogen and oxygen atoms in total. The second-order valence-corrected chi connectivity index (χ2v) is 8.09. The van der Waals surface area contributed by atoms with Gasteiger partial charge in [-0.3, -0.25) is 4.79 Å². The Morgan fingerprint density at radius 2 is 2.00 bits per heavy atom. The van der Waals surface area contributed by atoms with Gasteiger partial charge >= 0.3 is 0 Å². The van der Waals surface area contributed by atoms with Crippen molar-refractivity contribution in [2.45, 2.75) is 61.9 Å². The van der Waals surface area contributed by atoms with Crippen molar-refractivity contribution in [1.29, 1.82) is 0 Å². The smallest absolute Gasteiger partial charge is 0.237 e. The van der Waals surface area contributed by atoms with Gasteiger partial charge in [-0.15, -0.1) is 10.2 Å². The third-order valence-electron chi connectivity index (χ3n) is 4.60. The molecule has 1 unspecified atom stereocenters. The Bertz CT molecular complexity index is 764. The van der Waals surface area contributed by atoms with Crippen molar-refractivity contribution in [3.8, 4) is 0 Å². The minimum Gasteiger partial charge on any atom is -0.325 e. The van der Waals surface area contributed by atoms with Gasteiger partial charge in [0.25, 0.3) is 0 Å². The van der Waals surface area contributed by atoms with E-state index in [1.54, 1.807) is 0 Å². The van der Waals surface area contributed by atoms with E-state index in [2.05, 4.69) is 20.1 Å². The molecule has 0 aliphatic heterocycles. The molecule has 0 saturated heterocycles. The molecule has 2 aromatic rings. The average Bonchev–Trinajstić information content (AvgIpc) is 3.49. The molecule has 4 rings (SSSR count). The van der Waals surface area contributed by atoms with Crippen LogP contribution in [-0.2, 0) is 4.79 Å². The van der Waals surface area contributed by atoms with E-state index in [0.29, 0.717) is 12.0 Å². The van der Waals surface area contributed by atoms with E-state index in [4.69, 9.17) is 0 Å². The zero-order valence-corrected chi connectivity index (χ0v) is 14.8. The number of hydrogen-bond acceptors (Lipinski definition) is 4. The lowest BCUT2D eigenvalue weighted by Crippen LogP contribution is -2.23. The van der Waals surface area contributed by atoms with Crippen LogP contribution in [0.3, 0.4) is 0 Å². The van der Waals surface area contributed by atoms with Crippen LogP contribution in [0.15, 0.2) is 29.4 Å². The minimum absolute atomic E-state index is 0.00705. The van der Waals surface area contributed by atoms with Crippen LogP contribution >= 0.6 is 11.8 Å². The molecule has 6 heteroatoms. The molecule has 1 heterocycles. The zero-order valence-electron chi connectivity index (χ0n) is 14.0. The van der Waals surface area contributed by atoms with Crippen molar-refractivity contribution in [3.05, 3.63) is 35.7 Å². The maximum atomic E-state index is 12.5. The number of aryl methyl sites for hydroxylation is 1. The number of hydrogen-bond donors (Lipinski definition) is 1. The molecule has 24 heavy (non-hydrogen) atoms. The molecule has 2 aliphatic rings. The molecule has 1 aromatic carbocycles. The molecule has 0 spiro atoms. The standard InChI is InChI=1S/C18H22N4OS/c1-11-5-3-4-6-15(11)19-17(23)12(2)24-18-21-20-16(13-7-8-13)22(18)14-9-10-14/h3-6,12-14H,7-10H2,1-2H3,(H,19,23). The molecule has 1 amide bonds. The molecule has 1 N–H and O–H groups in total. The molecule has 0 bridgehead atoms. The van der Waals surface area contributed by atoms with Gasteiger partial charge in [-0.05, 0) is 51.2 Å². The van der Waals surface area contributed by atoms with Crippen LogP contribution in [0, 0.1) is 6.92 Å². The minimum atomic E-state index is -0.210. The van der Waals surface area contributed by atoms with Gasteiger partial charge in [-0.2, -0.15) is 0 Å². The topological polar surface area (TPSA) is 59.8 Å². The number of aromatic nitrogens is 3. The van der Waals surface area contributed by atoms with Crippen molar-refractivity contribution >= 4 is 23.4 Å². The lowest BCUT2D eigenvalue weighted by atomic mass is 10.2. The van der Waals surface area contributed by atoms with E-state index in [0.717, 1.165) is 22.2 Å². The third kappa shape index (κ3) is 3.20. The first-order valence-electron chi connectivity index (χ1n) is 8.61. The Balaban J connectivity index is 1.47. The normalized spacial score (nSPS) is 18.4. The number of para-hydroxylation sites is 1. The Morgan fingerprint density at radius 3 is 2.67 bits per heavy atom. The number of nitrogens with one attached hydrogen (secondary N) is 1. The van der Waals surface area contributed by atoms with E-state index >= 15 is 0 Å². The molecular formula is C18H22N4OS. The fourth-order valence-corrected chi connectivity index (χ4v) is 3.75. The highest BCUT2D eigenvalue weighted by Gasteiger charge is 2.37. The van der Waals surface area contributed by atoms with Crippen molar-refractivity contribution in [1.82, 2.24) is 14.8 Å². The first kappa shape index (κ1) is 15.7. The van der Waals surface area contributed by atoms with E-state index < -0.39 is 0 Å². The number of carbonyl (C=O) groups excluding carboxylic acids is 1. The van der Waals surface area contributed by atoms with Gasteiger partial charge in [-0.1, -0.05) is 30.0 Å². The van der Waals surface area contributed by atoms with E-state index in [-0.39, 0.29) is 11.2 Å². The van der Waals surface area contributed by atoms with Crippen LogP contribution in [0.25, 0.3) is 0 Å². The van der Waals surface area contributed by atoms with Crippen molar-refractivity contribution in [2.24, 2.45) is 0 Å². The monoisotopic (exact) mass is 342 g/mol. The summed E-state index contributed by atoms with van der Waals surface area (Å²) in [5, 5.41) is 12.5. The van der Waals surface area contributed by atoms with Gasteiger partial charge in [-0.25, -0.2) is 0 Å². The van der Waals surface area contributed by atoms with E-state index in [1.165, 1.54) is 37.4 Å². The van der Waals surface area contributed by atoms with Crippen LogP contribution < -0.4 is 5.32 Å². The van der Waals surface area contributed by atoms with Gasteiger partial charge in [0.15, 0.2) is 5.16 Å². The molecule has 0 radical (unpaired) electrons. The first-order valence-corrected chi connectivity index (χ1v) is 9.49. The molecule has 2 fully saturated rings. The summed E-state index contributed by atoms with van der Waals surface area (Å²) in [6.07, 6.45) is 4.85. The number of carbonyl (C=O) groups is 1. The number of amides is 1. The van der Waals surface area contributed by atoms with Crippen LogP contribution in [0.5, 0.6) is 0 Å². The summed E-state index contributed by atoms with van der Waals surface area (Å²) in [5.41, 5.74) is 1.94. The maximum Gasteiger partial charge on any atom is 0.237 e. The molecule has 1 aromatic heterocycles. The highest BCUT2D eigenvalue weighted by Crippen LogP contribution is 2.46. The van der Waals surface area contributed by atoms with Gasteiger partial charge < -0.3 is 9.88 Å². The Kier molecular flexibility index (Phi) is 4.08. The molecule has 2 aliphatic carbocycles. The number of rotatable bonds is 6. The Hall–Kier alpha value is -1.82. The van der Waals surface area contributed by atoms with Crippen LogP contribution in [-0.4, -0.2) is 25.9 Å². The summed E-state index contributed by atoms with van der Waals surface area (Å²) < 4.78 is 2.29. The summed E-state index contributed by atoms with van der Waals surface area (Å²) in [4.78, 5) is 12.5. The highest BCUT2D eigenvalue weighted by molar-refractivity contribution is 8.00. The first-order chi connectivity index (χ1) is 11.6. The number of nitrogens with zero attached hydrogens (tertiary/aromatic N) is 3. The highest BCUT2D eigenvalue weighted by atomic mass is 32.2. The average molecular weight is 342 g/mol. The van der Waals surface area contributed by atoms with E-state index in [1.807, 2.05) is 38.1 Å². The van der Waals surface area contributed by atoms with Crippen LogP contribution in [0.1, 0.15) is 56.0 Å². The van der Waals surface area contributed by atoms with Gasteiger partial charge in [0.1, 0.15) is 5.82 Å². The van der Waals surface area contributed by atoms with E-state index in [9.17, 15) is 4.79 Å². The molecular weight excluding hydrogens is 320 g/mol. The van der Waals surface area contributed by atoms with Crippen molar-refractivity contribution in [2.75, 3.05) is 5.32 Å². The summed E-state index contributed by atoms with van der Waals surface area (Å²) in [6.45, 7) is 3.93.